The Morgan fingerprint density at radius 1 is 1.33 bits per heavy atom. The molecular weight excluding hydrogens is 254 g/mol. The van der Waals surface area contributed by atoms with Crippen LogP contribution in [0.3, 0.4) is 0 Å². The van der Waals surface area contributed by atoms with Crippen molar-refractivity contribution in [2.45, 2.75) is 19.4 Å². The van der Waals surface area contributed by atoms with Gasteiger partial charge in [-0.25, -0.2) is 0 Å². The number of rotatable bonds is 7. The molecular formula is C13H20ClNO3. The molecule has 0 fully saturated rings. The number of ether oxygens (including phenoxy) is 2. The first-order valence-corrected chi connectivity index (χ1v) is 6.32. The predicted molar refractivity (Wildman–Crippen MR) is 72.7 cm³/mol. The summed E-state index contributed by atoms with van der Waals surface area (Å²) in [6, 6.07) is 3.49. The molecule has 4 nitrogen and oxygen atoms in total. The van der Waals surface area contributed by atoms with Gasteiger partial charge in [-0.1, -0.05) is 24.6 Å². The molecule has 18 heavy (non-hydrogen) atoms. The second-order valence-electron chi connectivity index (χ2n) is 3.92. The van der Waals surface area contributed by atoms with Crippen molar-refractivity contribution in [3.8, 4) is 11.5 Å². The van der Waals surface area contributed by atoms with Gasteiger partial charge in [-0.15, -0.1) is 0 Å². The zero-order valence-electron chi connectivity index (χ0n) is 11.0. The molecule has 0 radical (unpaired) electrons. The fourth-order valence-electron chi connectivity index (χ4n) is 1.69. The number of halogens is 1. The number of hydrogen-bond donors (Lipinski definition) is 2. The minimum absolute atomic E-state index is 0.391. The lowest BCUT2D eigenvalue weighted by Crippen LogP contribution is -2.22. The first-order valence-electron chi connectivity index (χ1n) is 5.94. The molecule has 0 saturated carbocycles. The summed E-state index contributed by atoms with van der Waals surface area (Å²) in [5, 5.41) is 13.6. The monoisotopic (exact) mass is 273 g/mol. The molecule has 1 aromatic rings. The standard InChI is InChI=1S/C13H20ClNO3/c1-4-7-15-8-10(16)9-5-6-11(17-2)13(18-3)12(9)14/h5-6,10,15-16H,4,7-8H2,1-3H3. The van der Waals surface area contributed by atoms with E-state index in [2.05, 4.69) is 12.2 Å². The molecule has 1 unspecified atom stereocenters. The van der Waals surface area contributed by atoms with Gasteiger partial charge in [-0.05, 0) is 19.0 Å². The van der Waals surface area contributed by atoms with Crippen LogP contribution in [-0.2, 0) is 0 Å². The second kappa shape index (κ2) is 7.46. The van der Waals surface area contributed by atoms with Gasteiger partial charge in [0.05, 0.1) is 25.3 Å². The maximum Gasteiger partial charge on any atom is 0.179 e. The van der Waals surface area contributed by atoms with E-state index in [4.69, 9.17) is 21.1 Å². The molecule has 0 aliphatic heterocycles. The van der Waals surface area contributed by atoms with Crippen molar-refractivity contribution in [2.75, 3.05) is 27.3 Å². The highest BCUT2D eigenvalue weighted by molar-refractivity contribution is 6.33. The molecule has 0 amide bonds. The van der Waals surface area contributed by atoms with Crippen LogP contribution < -0.4 is 14.8 Å². The van der Waals surface area contributed by atoms with E-state index >= 15 is 0 Å². The molecule has 0 bridgehead atoms. The van der Waals surface area contributed by atoms with Crippen LogP contribution in [0.1, 0.15) is 25.0 Å². The van der Waals surface area contributed by atoms with Crippen molar-refractivity contribution in [2.24, 2.45) is 0 Å². The summed E-state index contributed by atoms with van der Waals surface area (Å²) in [6.07, 6.45) is 0.357. The normalized spacial score (nSPS) is 12.3. The van der Waals surface area contributed by atoms with Crippen molar-refractivity contribution in [3.63, 3.8) is 0 Å². The number of aliphatic hydroxyl groups excluding tert-OH is 1. The zero-order chi connectivity index (χ0) is 13.5. The fraction of sp³-hybridized carbons (Fsp3) is 0.538. The third kappa shape index (κ3) is 3.51. The highest BCUT2D eigenvalue weighted by Gasteiger charge is 2.18. The summed E-state index contributed by atoms with van der Waals surface area (Å²) >= 11 is 6.21. The highest BCUT2D eigenvalue weighted by atomic mass is 35.5. The van der Waals surface area contributed by atoms with Crippen LogP contribution in [-0.4, -0.2) is 32.4 Å². The summed E-state index contributed by atoms with van der Waals surface area (Å²) in [7, 11) is 3.07. The quantitative estimate of drug-likeness (QED) is 0.749. The summed E-state index contributed by atoms with van der Waals surface area (Å²) in [4.78, 5) is 0. The fourth-order valence-corrected chi connectivity index (χ4v) is 2.05. The minimum Gasteiger partial charge on any atom is -0.493 e. The Kier molecular flexibility index (Phi) is 6.25. The molecule has 1 aromatic carbocycles. The van der Waals surface area contributed by atoms with E-state index in [-0.39, 0.29) is 0 Å². The van der Waals surface area contributed by atoms with Crippen LogP contribution in [0, 0.1) is 0 Å². The Morgan fingerprint density at radius 2 is 2.06 bits per heavy atom. The van der Waals surface area contributed by atoms with Gasteiger partial charge in [-0.2, -0.15) is 0 Å². The summed E-state index contributed by atoms with van der Waals surface area (Å²) < 4.78 is 10.3. The number of benzene rings is 1. The van der Waals surface area contributed by atoms with Gasteiger partial charge in [0.2, 0.25) is 0 Å². The smallest absolute Gasteiger partial charge is 0.179 e. The van der Waals surface area contributed by atoms with Gasteiger partial charge < -0.3 is 19.9 Å². The molecule has 0 spiro atoms. The van der Waals surface area contributed by atoms with Crippen molar-refractivity contribution in [1.82, 2.24) is 5.32 Å². The van der Waals surface area contributed by atoms with Crippen molar-refractivity contribution < 1.29 is 14.6 Å². The molecule has 0 aliphatic rings. The maximum absolute atomic E-state index is 10.1. The topological polar surface area (TPSA) is 50.7 Å². The van der Waals surface area contributed by atoms with E-state index < -0.39 is 6.10 Å². The van der Waals surface area contributed by atoms with Crippen molar-refractivity contribution in [3.05, 3.63) is 22.7 Å². The molecule has 1 rings (SSSR count). The first kappa shape index (κ1) is 15.1. The minimum atomic E-state index is -0.663. The summed E-state index contributed by atoms with van der Waals surface area (Å²) in [6.45, 7) is 3.40. The molecule has 0 aromatic heterocycles. The van der Waals surface area contributed by atoms with Gasteiger partial charge in [0.25, 0.3) is 0 Å². The maximum atomic E-state index is 10.1. The Balaban J connectivity index is 2.89. The van der Waals surface area contributed by atoms with Crippen molar-refractivity contribution in [1.29, 1.82) is 0 Å². The highest BCUT2D eigenvalue weighted by Crippen LogP contribution is 2.39. The van der Waals surface area contributed by atoms with Crippen LogP contribution in [0.2, 0.25) is 5.02 Å². The lowest BCUT2D eigenvalue weighted by atomic mass is 10.1. The number of hydrogen-bond acceptors (Lipinski definition) is 4. The van der Waals surface area contributed by atoms with Crippen molar-refractivity contribution >= 4 is 11.6 Å². The predicted octanol–water partition coefficient (Wildman–Crippen LogP) is 2.39. The van der Waals surface area contributed by atoms with E-state index in [0.29, 0.717) is 28.6 Å². The van der Waals surface area contributed by atoms with Gasteiger partial charge in [0.15, 0.2) is 11.5 Å². The lowest BCUT2D eigenvalue weighted by molar-refractivity contribution is 0.174. The third-order valence-electron chi connectivity index (χ3n) is 2.64. The molecule has 0 aliphatic carbocycles. The number of nitrogens with one attached hydrogen (secondary N) is 1. The first-order chi connectivity index (χ1) is 8.65. The number of aliphatic hydroxyl groups is 1. The summed E-state index contributed by atoms with van der Waals surface area (Å²) in [5.74, 6) is 1.01. The molecule has 5 heteroatoms. The van der Waals surface area contributed by atoms with Crippen LogP contribution in [0.4, 0.5) is 0 Å². The Morgan fingerprint density at radius 3 is 2.61 bits per heavy atom. The van der Waals surface area contributed by atoms with Crippen LogP contribution in [0.25, 0.3) is 0 Å². The van der Waals surface area contributed by atoms with Gasteiger partial charge >= 0.3 is 0 Å². The van der Waals surface area contributed by atoms with E-state index in [1.165, 1.54) is 7.11 Å². The van der Waals surface area contributed by atoms with Crippen LogP contribution >= 0.6 is 11.6 Å². The van der Waals surface area contributed by atoms with Crippen LogP contribution in [0.5, 0.6) is 11.5 Å². The van der Waals surface area contributed by atoms with E-state index in [0.717, 1.165) is 13.0 Å². The Hall–Kier alpha value is -0.970. The van der Waals surface area contributed by atoms with E-state index in [1.807, 2.05) is 0 Å². The average Bonchev–Trinajstić information content (AvgIpc) is 2.38. The molecule has 1 atom stereocenters. The zero-order valence-corrected chi connectivity index (χ0v) is 11.8. The lowest BCUT2D eigenvalue weighted by Gasteiger charge is -2.17. The van der Waals surface area contributed by atoms with Gasteiger partial charge in [0, 0.05) is 12.1 Å². The van der Waals surface area contributed by atoms with E-state index in [1.54, 1.807) is 19.2 Å². The third-order valence-corrected chi connectivity index (χ3v) is 3.03. The SMILES string of the molecule is CCCNCC(O)c1ccc(OC)c(OC)c1Cl. The molecule has 0 saturated heterocycles. The molecule has 102 valence electrons. The second-order valence-corrected chi connectivity index (χ2v) is 4.30. The largest absolute Gasteiger partial charge is 0.493 e. The van der Waals surface area contributed by atoms with Gasteiger partial charge in [-0.3, -0.25) is 0 Å². The molecule has 0 heterocycles. The molecule has 2 N–H and O–H groups in total. The van der Waals surface area contributed by atoms with Crippen LogP contribution in [0.15, 0.2) is 12.1 Å². The van der Waals surface area contributed by atoms with Gasteiger partial charge in [0.1, 0.15) is 0 Å². The average molecular weight is 274 g/mol. The summed E-state index contributed by atoms with van der Waals surface area (Å²) in [5.41, 5.74) is 0.637. The Bertz CT molecular complexity index is 385. The Labute approximate surface area is 113 Å². The number of methoxy groups -OCH3 is 2. The van der Waals surface area contributed by atoms with E-state index in [9.17, 15) is 5.11 Å².